The number of nitrogens with one attached hydrogen (secondary N) is 2. The molecule has 2 heterocycles. The van der Waals surface area contributed by atoms with E-state index >= 15 is 0 Å². The van der Waals surface area contributed by atoms with Crippen LogP contribution in [0.5, 0.6) is 0 Å². The maximum atomic E-state index is 4.22. The highest BCUT2D eigenvalue weighted by molar-refractivity contribution is 8.14. The van der Waals surface area contributed by atoms with Crippen molar-refractivity contribution in [3.8, 4) is 0 Å². The van der Waals surface area contributed by atoms with Crippen LogP contribution in [0.2, 0.25) is 0 Å². The van der Waals surface area contributed by atoms with E-state index in [0.29, 0.717) is 0 Å². The number of hydrogen-bond acceptors (Lipinski definition) is 4. The second kappa shape index (κ2) is 2.96. The highest BCUT2D eigenvalue weighted by Crippen LogP contribution is 2.12. The van der Waals surface area contributed by atoms with Gasteiger partial charge in [-0.2, -0.15) is 0 Å². The summed E-state index contributed by atoms with van der Waals surface area (Å²) >= 11 is 1.72. The van der Waals surface area contributed by atoms with E-state index in [2.05, 4.69) is 20.3 Å². The Balaban J connectivity index is 2.00. The molecule has 2 N–H and O–H groups in total. The van der Waals surface area contributed by atoms with Crippen LogP contribution >= 0.6 is 11.8 Å². The molecule has 1 aliphatic heterocycles. The Morgan fingerprint density at radius 1 is 1.64 bits per heavy atom. The van der Waals surface area contributed by atoms with Crippen LogP contribution in [0.3, 0.4) is 0 Å². The molecule has 11 heavy (non-hydrogen) atoms. The van der Waals surface area contributed by atoms with Gasteiger partial charge >= 0.3 is 0 Å². The van der Waals surface area contributed by atoms with Gasteiger partial charge in [0.15, 0.2) is 5.17 Å². The van der Waals surface area contributed by atoms with Crippen molar-refractivity contribution >= 4 is 22.9 Å². The van der Waals surface area contributed by atoms with Gasteiger partial charge in [0.1, 0.15) is 0 Å². The molecule has 0 amide bonds. The third kappa shape index (κ3) is 1.54. The van der Waals surface area contributed by atoms with E-state index in [0.717, 1.165) is 23.4 Å². The van der Waals surface area contributed by atoms with Crippen LogP contribution in [-0.4, -0.2) is 27.4 Å². The smallest absolute Gasteiger partial charge is 0.206 e. The molecule has 58 valence electrons. The molecule has 1 aliphatic rings. The number of aromatic amines is 1. The first-order valence-electron chi connectivity index (χ1n) is 3.39. The minimum absolute atomic E-state index is 0.762. The molecular weight excluding hydrogens is 160 g/mol. The first-order chi connectivity index (χ1) is 5.45. The zero-order valence-electron chi connectivity index (χ0n) is 5.87. The van der Waals surface area contributed by atoms with E-state index in [-0.39, 0.29) is 0 Å². The average molecular weight is 168 g/mol. The van der Waals surface area contributed by atoms with Gasteiger partial charge in [0.25, 0.3) is 0 Å². The van der Waals surface area contributed by atoms with E-state index < -0.39 is 0 Å². The number of anilines is 1. The first kappa shape index (κ1) is 6.72. The minimum Gasteiger partial charge on any atom is -0.331 e. The molecule has 0 saturated carbocycles. The maximum Gasteiger partial charge on any atom is 0.206 e. The topological polar surface area (TPSA) is 53.1 Å². The molecule has 2 rings (SSSR count). The molecule has 0 spiro atoms. The van der Waals surface area contributed by atoms with E-state index in [1.54, 1.807) is 24.2 Å². The molecule has 0 bridgehead atoms. The largest absolute Gasteiger partial charge is 0.331 e. The highest BCUT2D eigenvalue weighted by atomic mass is 32.2. The van der Waals surface area contributed by atoms with Gasteiger partial charge in [-0.05, 0) is 0 Å². The number of rotatable bonds is 1. The van der Waals surface area contributed by atoms with E-state index in [4.69, 9.17) is 0 Å². The molecule has 0 aromatic carbocycles. The molecule has 1 aromatic rings. The summed E-state index contributed by atoms with van der Waals surface area (Å²) in [6, 6.07) is 0. The van der Waals surface area contributed by atoms with Gasteiger partial charge in [-0.1, -0.05) is 11.8 Å². The number of nitrogens with zero attached hydrogens (tertiary/aromatic N) is 2. The van der Waals surface area contributed by atoms with Crippen molar-refractivity contribution in [2.45, 2.75) is 0 Å². The highest BCUT2D eigenvalue weighted by Gasteiger charge is 2.06. The van der Waals surface area contributed by atoms with E-state index in [9.17, 15) is 0 Å². The minimum atomic E-state index is 0.762. The number of amidine groups is 1. The summed E-state index contributed by atoms with van der Waals surface area (Å²) in [7, 11) is 0. The standard InChI is InChI=1S/C6H8N4S/c1-2-8-5(7-1)10-6-9-3-4-11-6/h1-2H,3-4H2,(H2,7,8,9,10). The Morgan fingerprint density at radius 2 is 2.64 bits per heavy atom. The number of aromatic nitrogens is 2. The normalized spacial score (nSPS) is 16.5. The van der Waals surface area contributed by atoms with Crippen molar-refractivity contribution in [3.05, 3.63) is 12.4 Å². The van der Waals surface area contributed by atoms with Gasteiger partial charge in [0.2, 0.25) is 5.95 Å². The number of thioether (sulfide) groups is 1. The van der Waals surface area contributed by atoms with E-state index in [1.165, 1.54) is 0 Å². The summed E-state index contributed by atoms with van der Waals surface area (Å²) < 4.78 is 0. The lowest BCUT2D eigenvalue weighted by molar-refractivity contribution is 1.17. The Labute approximate surface area is 68.5 Å². The predicted molar refractivity (Wildman–Crippen MR) is 47.0 cm³/mol. The van der Waals surface area contributed by atoms with Gasteiger partial charge in [-0.25, -0.2) is 4.98 Å². The van der Waals surface area contributed by atoms with Crippen LogP contribution in [0.4, 0.5) is 5.95 Å². The van der Waals surface area contributed by atoms with Crippen LogP contribution in [-0.2, 0) is 0 Å². The quantitative estimate of drug-likeness (QED) is 0.655. The van der Waals surface area contributed by atoms with Crippen LogP contribution in [0.15, 0.2) is 17.4 Å². The third-order valence-electron chi connectivity index (χ3n) is 1.31. The van der Waals surface area contributed by atoms with Crippen LogP contribution in [0.25, 0.3) is 0 Å². The molecular formula is C6H8N4S. The zero-order valence-corrected chi connectivity index (χ0v) is 6.69. The molecule has 0 saturated heterocycles. The van der Waals surface area contributed by atoms with Crippen LogP contribution < -0.4 is 5.32 Å². The fourth-order valence-corrected chi connectivity index (χ4v) is 1.57. The SMILES string of the molecule is c1c[nH]c(NC2=NCCS2)n1. The number of aliphatic imine (C=N–C) groups is 1. The zero-order chi connectivity index (χ0) is 7.52. The Kier molecular flexibility index (Phi) is 1.81. The van der Waals surface area contributed by atoms with Crippen molar-refractivity contribution < 1.29 is 0 Å². The molecule has 0 unspecified atom stereocenters. The van der Waals surface area contributed by atoms with Crippen molar-refractivity contribution in [2.75, 3.05) is 17.6 Å². The number of hydrogen-bond donors (Lipinski definition) is 2. The predicted octanol–water partition coefficient (Wildman–Crippen LogP) is 0.924. The summed E-state index contributed by atoms with van der Waals surface area (Å²) in [6.07, 6.45) is 3.49. The number of H-pyrrole nitrogens is 1. The summed E-state index contributed by atoms with van der Waals surface area (Å²) in [5.41, 5.74) is 0. The fraction of sp³-hybridized carbons (Fsp3) is 0.333. The summed E-state index contributed by atoms with van der Waals surface area (Å²) in [6.45, 7) is 0.910. The maximum absolute atomic E-state index is 4.22. The lowest BCUT2D eigenvalue weighted by Gasteiger charge is -1.98. The second-order valence-electron chi connectivity index (χ2n) is 2.10. The molecule has 0 fully saturated rings. The van der Waals surface area contributed by atoms with Crippen molar-refractivity contribution in [3.63, 3.8) is 0 Å². The van der Waals surface area contributed by atoms with Gasteiger partial charge in [0.05, 0.1) is 6.54 Å². The summed E-state index contributed by atoms with van der Waals surface area (Å²) in [4.78, 5) is 11.2. The lowest BCUT2D eigenvalue weighted by Crippen LogP contribution is -2.05. The van der Waals surface area contributed by atoms with Crippen molar-refractivity contribution in [1.29, 1.82) is 0 Å². The fourth-order valence-electron chi connectivity index (χ4n) is 0.846. The van der Waals surface area contributed by atoms with Crippen LogP contribution in [0, 0.1) is 0 Å². The third-order valence-corrected chi connectivity index (χ3v) is 2.20. The van der Waals surface area contributed by atoms with Gasteiger partial charge in [-0.15, -0.1) is 0 Å². The number of imidazole rings is 1. The van der Waals surface area contributed by atoms with Gasteiger partial charge < -0.3 is 10.3 Å². The molecule has 1 aromatic heterocycles. The summed E-state index contributed by atoms with van der Waals surface area (Å²) in [5, 5.41) is 4.03. The first-order valence-corrected chi connectivity index (χ1v) is 4.37. The van der Waals surface area contributed by atoms with Crippen molar-refractivity contribution in [2.24, 2.45) is 4.99 Å². The van der Waals surface area contributed by atoms with Gasteiger partial charge in [-0.3, -0.25) is 4.99 Å². The van der Waals surface area contributed by atoms with Gasteiger partial charge in [0, 0.05) is 18.1 Å². The van der Waals surface area contributed by atoms with Crippen LogP contribution in [0.1, 0.15) is 0 Å². The van der Waals surface area contributed by atoms with E-state index in [1.807, 2.05) is 0 Å². The monoisotopic (exact) mass is 168 g/mol. The Hall–Kier alpha value is -0.970. The Morgan fingerprint density at radius 3 is 3.27 bits per heavy atom. The lowest BCUT2D eigenvalue weighted by atomic mass is 10.8. The average Bonchev–Trinajstić information content (AvgIpc) is 2.60. The Bertz CT molecular complexity index is 254. The molecule has 0 atom stereocenters. The molecule has 5 heteroatoms. The molecule has 0 radical (unpaired) electrons. The molecule has 4 nitrogen and oxygen atoms in total. The second-order valence-corrected chi connectivity index (χ2v) is 3.18. The molecule has 0 aliphatic carbocycles. The van der Waals surface area contributed by atoms with Crippen molar-refractivity contribution in [1.82, 2.24) is 9.97 Å². The summed E-state index contributed by atoms with van der Waals surface area (Å²) in [5.74, 6) is 1.83.